The van der Waals surface area contributed by atoms with Gasteiger partial charge in [0.1, 0.15) is 0 Å². The molecular formula is C8H11AsINO5. The van der Waals surface area contributed by atoms with Gasteiger partial charge < -0.3 is 0 Å². The van der Waals surface area contributed by atoms with Crippen LogP contribution >= 0.6 is 23.0 Å². The van der Waals surface area contributed by atoms with E-state index in [1.54, 1.807) is 18.2 Å². The molecule has 1 aliphatic carbocycles. The molecule has 2 atom stereocenters. The first-order chi connectivity index (χ1) is 7.49. The summed E-state index contributed by atoms with van der Waals surface area (Å²) in [6.07, 6.45) is 6.80. The van der Waals surface area contributed by atoms with Crippen LogP contribution in [0.25, 0.3) is 0 Å². The Morgan fingerprint density at radius 3 is 2.69 bits per heavy atom. The van der Waals surface area contributed by atoms with Crippen LogP contribution in [0.2, 0.25) is 0 Å². The standard InChI is InChI=1S/C8H11AsINO5/c1-7(12)11-8(5-3-2-4-6-8)9(13,15-10)16-14/h2-5,14H,6H2,1H3,(H,11,12). The molecule has 0 spiro atoms. The summed E-state index contributed by atoms with van der Waals surface area (Å²) in [7, 11) is 0. The first-order valence-corrected chi connectivity index (χ1v) is 8.48. The molecule has 1 aliphatic rings. The fourth-order valence-electron chi connectivity index (χ4n) is 1.43. The summed E-state index contributed by atoms with van der Waals surface area (Å²) in [6, 6.07) is 0. The monoisotopic (exact) mass is 403 g/mol. The predicted octanol–water partition coefficient (Wildman–Crippen LogP) is 1.14. The van der Waals surface area contributed by atoms with Crippen molar-refractivity contribution in [2.75, 3.05) is 0 Å². The van der Waals surface area contributed by atoms with Crippen LogP contribution in [0.1, 0.15) is 13.3 Å². The molecule has 1 amide bonds. The van der Waals surface area contributed by atoms with Crippen molar-refractivity contribution in [3.05, 3.63) is 24.3 Å². The van der Waals surface area contributed by atoms with E-state index in [2.05, 4.69) is 9.19 Å². The molecular weight excluding hydrogens is 392 g/mol. The molecule has 0 aromatic rings. The van der Waals surface area contributed by atoms with Crippen LogP contribution in [0, 0.1) is 0 Å². The van der Waals surface area contributed by atoms with Gasteiger partial charge >= 0.3 is 110 Å². The van der Waals surface area contributed by atoms with Gasteiger partial charge in [0.25, 0.3) is 0 Å². The first kappa shape index (κ1) is 14.0. The van der Waals surface area contributed by atoms with Crippen molar-refractivity contribution < 1.29 is 19.7 Å². The van der Waals surface area contributed by atoms with Crippen LogP contribution < -0.4 is 5.32 Å². The summed E-state index contributed by atoms with van der Waals surface area (Å²) >= 11 is -3.17. The summed E-state index contributed by atoms with van der Waals surface area (Å²) in [4.78, 5) is 11.1. The molecule has 6 nitrogen and oxygen atoms in total. The van der Waals surface area contributed by atoms with Crippen molar-refractivity contribution in [1.29, 1.82) is 0 Å². The van der Waals surface area contributed by atoms with Crippen molar-refractivity contribution in [3.8, 4) is 0 Å². The van der Waals surface area contributed by atoms with Gasteiger partial charge in [0.05, 0.1) is 0 Å². The topological polar surface area (TPSA) is 84.9 Å². The van der Waals surface area contributed by atoms with Crippen molar-refractivity contribution in [2.24, 2.45) is 0 Å². The van der Waals surface area contributed by atoms with Crippen molar-refractivity contribution in [2.45, 2.75) is 17.7 Å². The first-order valence-electron chi connectivity index (χ1n) is 4.36. The van der Waals surface area contributed by atoms with E-state index in [1.807, 2.05) is 0 Å². The van der Waals surface area contributed by atoms with Crippen LogP contribution in [0.15, 0.2) is 24.3 Å². The molecule has 2 N–H and O–H groups in total. The number of hydrogen-bond donors (Lipinski definition) is 2. The van der Waals surface area contributed by atoms with Crippen LogP contribution in [0.3, 0.4) is 0 Å². The van der Waals surface area contributed by atoms with Crippen LogP contribution in [0.5, 0.6) is 0 Å². The molecule has 0 aliphatic heterocycles. The SMILES string of the molecule is CC(=O)NC1([As](=O)(OO)OI)C=CC=CC1. The van der Waals surface area contributed by atoms with Gasteiger partial charge in [-0.3, -0.25) is 0 Å². The Hall–Kier alpha value is -0.0816. The molecule has 8 heteroatoms. The summed E-state index contributed by atoms with van der Waals surface area (Å²) in [5.74, 6) is -0.382. The van der Waals surface area contributed by atoms with Gasteiger partial charge in [-0.25, -0.2) is 0 Å². The second-order valence-corrected chi connectivity index (χ2v) is 9.69. The van der Waals surface area contributed by atoms with Gasteiger partial charge in [0.2, 0.25) is 0 Å². The van der Waals surface area contributed by atoms with Gasteiger partial charge in [-0.05, 0) is 0 Å². The number of hydrogen-bond acceptors (Lipinski definition) is 5. The zero-order valence-electron chi connectivity index (χ0n) is 8.42. The summed E-state index contributed by atoms with van der Waals surface area (Å²) in [5.41, 5.74) is 0. The third kappa shape index (κ3) is 2.59. The number of halogens is 1. The zero-order chi connectivity index (χ0) is 12.2. The Balaban J connectivity index is 3.14. The van der Waals surface area contributed by atoms with Gasteiger partial charge in [-0.2, -0.15) is 0 Å². The van der Waals surface area contributed by atoms with E-state index >= 15 is 0 Å². The van der Waals surface area contributed by atoms with Crippen molar-refractivity contribution >= 4 is 43.1 Å². The number of carbonyl (C=O) groups excluding carboxylic acids is 1. The molecule has 0 saturated heterocycles. The molecule has 0 fully saturated rings. The summed E-state index contributed by atoms with van der Waals surface area (Å²) < 4.78 is 19.7. The van der Waals surface area contributed by atoms with E-state index in [9.17, 15) is 8.53 Å². The zero-order valence-corrected chi connectivity index (χ0v) is 12.5. The van der Waals surface area contributed by atoms with E-state index in [0.717, 1.165) is 0 Å². The average Bonchev–Trinajstić information content (AvgIpc) is 2.28. The van der Waals surface area contributed by atoms with Gasteiger partial charge in [-0.15, -0.1) is 0 Å². The Morgan fingerprint density at radius 2 is 2.31 bits per heavy atom. The number of allylic oxidation sites excluding steroid dienone is 2. The second kappa shape index (κ2) is 5.50. The molecule has 0 aromatic heterocycles. The Kier molecular flexibility index (Phi) is 4.81. The van der Waals surface area contributed by atoms with E-state index in [0.29, 0.717) is 0 Å². The predicted molar refractivity (Wildman–Crippen MR) is 64.7 cm³/mol. The molecule has 16 heavy (non-hydrogen) atoms. The Morgan fingerprint density at radius 1 is 1.62 bits per heavy atom. The van der Waals surface area contributed by atoms with E-state index < -0.39 is 18.5 Å². The van der Waals surface area contributed by atoms with Gasteiger partial charge in [0.15, 0.2) is 0 Å². The fraction of sp³-hybridized carbons (Fsp3) is 0.375. The van der Waals surface area contributed by atoms with Crippen LogP contribution in [-0.2, 0) is 14.5 Å². The number of nitrogens with one attached hydrogen (secondary N) is 1. The average molecular weight is 403 g/mol. The number of carbonyl (C=O) groups is 1. The minimum absolute atomic E-state index is 0.239. The maximum absolute atomic E-state index is 12.2. The van der Waals surface area contributed by atoms with Crippen LogP contribution in [0.4, 0.5) is 0 Å². The molecule has 0 aromatic carbocycles. The molecule has 1 rings (SSSR count). The second-order valence-electron chi connectivity index (χ2n) is 3.24. The number of rotatable bonds is 4. The normalized spacial score (nSPS) is 27.4. The third-order valence-corrected chi connectivity index (χ3v) is 8.64. The molecule has 2 unspecified atom stereocenters. The molecule has 0 saturated carbocycles. The van der Waals surface area contributed by atoms with Crippen molar-refractivity contribution in [1.82, 2.24) is 5.32 Å². The molecule has 0 heterocycles. The Bertz CT molecular complexity index is 375. The van der Waals surface area contributed by atoms with Gasteiger partial charge in [0, 0.05) is 0 Å². The quantitative estimate of drug-likeness (QED) is 0.319. The maximum atomic E-state index is 12.2. The summed E-state index contributed by atoms with van der Waals surface area (Å²) in [6.45, 7) is 1.29. The van der Waals surface area contributed by atoms with Gasteiger partial charge in [-0.1, -0.05) is 0 Å². The van der Waals surface area contributed by atoms with Crippen molar-refractivity contribution in [3.63, 3.8) is 0 Å². The number of amides is 1. The Labute approximate surface area is 110 Å². The van der Waals surface area contributed by atoms with E-state index in [4.69, 9.17) is 7.31 Å². The third-order valence-electron chi connectivity index (χ3n) is 2.13. The van der Waals surface area contributed by atoms with E-state index in [-0.39, 0.29) is 12.3 Å². The minimum atomic E-state index is -4.57. The van der Waals surface area contributed by atoms with E-state index in [1.165, 1.54) is 36.0 Å². The molecule has 0 radical (unpaired) electrons. The van der Waals surface area contributed by atoms with Crippen LogP contribution in [-0.4, -0.2) is 29.7 Å². The summed E-state index contributed by atoms with van der Waals surface area (Å²) in [5, 5.41) is 11.3. The molecule has 90 valence electrons. The fourth-order valence-corrected chi connectivity index (χ4v) is 6.11. The molecule has 0 bridgehead atoms.